The first kappa shape index (κ1) is 12.9. The summed E-state index contributed by atoms with van der Waals surface area (Å²) in [5.41, 5.74) is 8.10. The summed E-state index contributed by atoms with van der Waals surface area (Å²) in [6, 6.07) is 10.3. The van der Waals surface area contributed by atoms with Gasteiger partial charge in [-0.05, 0) is 30.3 Å². The molecule has 1 aromatic heterocycles. The van der Waals surface area contributed by atoms with Crippen LogP contribution in [0.1, 0.15) is 0 Å². The van der Waals surface area contributed by atoms with Crippen LogP contribution in [0.4, 0.5) is 10.3 Å². The number of anilines is 1. The molecule has 2 N–H and O–H groups in total. The Bertz CT molecular complexity index is 800. The molecule has 0 saturated carbocycles. The lowest BCUT2D eigenvalue weighted by Crippen LogP contribution is -2.01. The number of ether oxygens (including phenoxy) is 1. The van der Waals surface area contributed by atoms with Crippen LogP contribution in [0.3, 0.4) is 0 Å². The van der Waals surface area contributed by atoms with E-state index in [1.165, 1.54) is 13.2 Å². The van der Waals surface area contributed by atoms with Gasteiger partial charge in [-0.25, -0.2) is 9.37 Å². The van der Waals surface area contributed by atoms with E-state index in [0.717, 1.165) is 15.5 Å². The first-order valence-electron chi connectivity index (χ1n) is 5.87. The third-order valence-electron chi connectivity index (χ3n) is 3.04. The second-order valence-corrected chi connectivity index (χ2v) is 5.17. The van der Waals surface area contributed by atoms with Gasteiger partial charge in [-0.1, -0.05) is 15.9 Å². The summed E-state index contributed by atoms with van der Waals surface area (Å²) in [4.78, 5) is 4.27. The average Bonchev–Trinajstić information content (AvgIpc) is 2.74. The Morgan fingerprint density at radius 1 is 1.25 bits per heavy atom. The SMILES string of the molecule is COc1ccc(-n2c(N)nc3ccc(Br)cc32)cc1F. The van der Waals surface area contributed by atoms with Crippen LogP contribution in [0.2, 0.25) is 0 Å². The highest BCUT2D eigenvalue weighted by molar-refractivity contribution is 9.10. The third kappa shape index (κ3) is 2.02. The predicted molar refractivity (Wildman–Crippen MR) is 79.7 cm³/mol. The number of imidazole rings is 1. The topological polar surface area (TPSA) is 53.1 Å². The van der Waals surface area contributed by atoms with Crippen LogP contribution in [0.15, 0.2) is 40.9 Å². The predicted octanol–water partition coefficient (Wildman–Crippen LogP) is 3.52. The fourth-order valence-electron chi connectivity index (χ4n) is 2.13. The summed E-state index contributed by atoms with van der Waals surface area (Å²) in [6.07, 6.45) is 0. The molecule has 0 amide bonds. The highest BCUT2D eigenvalue weighted by Gasteiger charge is 2.12. The number of benzene rings is 2. The average molecular weight is 336 g/mol. The maximum Gasteiger partial charge on any atom is 0.205 e. The van der Waals surface area contributed by atoms with E-state index in [1.807, 2.05) is 18.2 Å². The zero-order valence-corrected chi connectivity index (χ0v) is 12.2. The minimum Gasteiger partial charge on any atom is -0.494 e. The molecule has 6 heteroatoms. The van der Waals surface area contributed by atoms with Crippen molar-refractivity contribution in [1.29, 1.82) is 0 Å². The van der Waals surface area contributed by atoms with Gasteiger partial charge in [0.1, 0.15) is 0 Å². The normalized spacial score (nSPS) is 10.9. The molecule has 3 rings (SSSR count). The van der Waals surface area contributed by atoms with Gasteiger partial charge < -0.3 is 10.5 Å². The summed E-state index contributed by atoms with van der Waals surface area (Å²) in [7, 11) is 1.43. The van der Waals surface area contributed by atoms with Crippen molar-refractivity contribution >= 4 is 32.9 Å². The summed E-state index contributed by atoms with van der Waals surface area (Å²) in [5, 5.41) is 0. The molecule has 0 bridgehead atoms. The van der Waals surface area contributed by atoms with E-state index in [-0.39, 0.29) is 5.75 Å². The molecule has 0 radical (unpaired) electrons. The molecule has 1 heterocycles. The number of nitrogens with two attached hydrogens (primary N) is 1. The van der Waals surface area contributed by atoms with Crippen molar-refractivity contribution in [3.05, 3.63) is 46.7 Å². The van der Waals surface area contributed by atoms with Gasteiger partial charge in [-0.3, -0.25) is 4.57 Å². The van der Waals surface area contributed by atoms with Crippen LogP contribution in [-0.2, 0) is 0 Å². The lowest BCUT2D eigenvalue weighted by molar-refractivity contribution is 0.386. The van der Waals surface area contributed by atoms with Crippen LogP contribution in [0, 0.1) is 5.82 Å². The smallest absolute Gasteiger partial charge is 0.205 e. The van der Waals surface area contributed by atoms with Crippen LogP contribution < -0.4 is 10.5 Å². The third-order valence-corrected chi connectivity index (χ3v) is 3.53. The maximum atomic E-state index is 13.8. The molecule has 0 unspecified atom stereocenters. The molecular weight excluding hydrogens is 325 g/mol. The molecule has 0 spiro atoms. The van der Waals surface area contributed by atoms with E-state index in [9.17, 15) is 4.39 Å². The Morgan fingerprint density at radius 2 is 2.05 bits per heavy atom. The van der Waals surface area contributed by atoms with E-state index in [2.05, 4.69) is 20.9 Å². The molecule has 0 aliphatic heterocycles. The van der Waals surface area contributed by atoms with Crippen molar-refractivity contribution in [2.24, 2.45) is 0 Å². The Morgan fingerprint density at radius 3 is 2.75 bits per heavy atom. The molecule has 0 atom stereocenters. The summed E-state index contributed by atoms with van der Waals surface area (Å²) in [5.74, 6) is 0.0573. The van der Waals surface area contributed by atoms with E-state index in [1.54, 1.807) is 16.7 Å². The number of nitrogen functional groups attached to an aromatic ring is 1. The number of nitrogens with zero attached hydrogens (tertiary/aromatic N) is 2. The van der Waals surface area contributed by atoms with Gasteiger partial charge in [0.15, 0.2) is 11.6 Å². The van der Waals surface area contributed by atoms with Gasteiger partial charge in [-0.2, -0.15) is 0 Å². The molecule has 0 fully saturated rings. The summed E-state index contributed by atoms with van der Waals surface area (Å²) < 4.78 is 21.4. The lowest BCUT2D eigenvalue weighted by atomic mass is 10.2. The van der Waals surface area contributed by atoms with Gasteiger partial charge >= 0.3 is 0 Å². The Labute approximate surface area is 123 Å². The Kier molecular flexibility index (Phi) is 3.10. The largest absolute Gasteiger partial charge is 0.494 e. The highest BCUT2D eigenvalue weighted by atomic mass is 79.9. The van der Waals surface area contributed by atoms with Crippen LogP contribution in [0.5, 0.6) is 5.75 Å². The number of halogens is 2. The minimum absolute atomic E-state index is 0.193. The minimum atomic E-state index is -0.443. The first-order valence-corrected chi connectivity index (χ1v) is 6.67. The number of methoxy groups -OCH3 is 1. The summed E-state index contributed by atoms with van der Waals surface area (Å²) >= 11 is 3.41. The van der Waals surface area contributed by atoms with E-state index < -0.39 is 5.82 Å². The molecule has 102 valence electrons. The Hall–Kier alpha value is -2.08. The standard InChI is InChI=1S/C14H11BrFN3O/c1-20-13-5-3-9(7-10(13)16)19-12-6-8(15)2-4-11(12)18-14(19)17/h2-7H,1H3,(H2,17,18). The van der Waals surface area contributed by atoms with Gasteiger partial charge in [0.2, 0.25) is 5.95 Å². The zero-order chi connectivity index (χ0) is 14.3. The molecule has 20 heavy (non-hydrogen) atoms. The van der Waals surface area contributed by atoms with Crippen molar-refractivity contribution in [3.63, 3.8) is 0 Å². The van der Waals surface area contributed by atoms with Gasteiger partial charge in [-0.15, -0.1) is 0 Å². The second-order valence-electron chi connectivity index (χ2n) is 4.26. The fraction of sp³-hybridized carbons (Fsp3) is 0.0714. The van der Waals surface area contributed by atoms with E-state index in [0.29, 0.717) is 11.6 Å². The summed E-state index contributed by atoms with van der Waals surface area (Å²) in [6.45, 7) is 0. The van der Waals surface area contributed by atoms with Crippen molar-refractivity contribution < 1.29 is 9.13 Å². The number of hydrogen-bond acceptors (Lipinski definition) is 3. The quantitative estimate of drug-likeness (QED) is 0.779. The number of rotatable bonds is 2. The monoisotopic (exact) mass is 335 g/mol. The molecular formula is C14H11BrFN3O. The second kappa shape index (κ2) is 4.79. The molecule has 3 aromatic rings. The number of fused-ring (bicyclic) bond motifs is 1. The highest BCUT2D eigenvalue weighted by Crippen LogP contribution is 2.28. The molecule has 2 aromatic carbocycles. The van der Waals surface area contributed by atoms with Gasteiger partial charge in [0.25, 0.3) is 0 Å². The lowest BCUT2D eigenvalue weighted by Gasteiger charge is -2.08. The van der Waals surface area contributed by atoms with Crippen LogP contribution in [0.25, 0.3) is 16.7 Å². The molecule has 4 nitrogen and oxygen atoms in total. The molecule has 0 saturated heterocycles. The van der Waals surface area contributed by atoms with Crippen molar-refractivity contribution in [2.45, 2.75) is 0 Å². The van der Waals surface area contributed by atoms with E-state index in [4.69, 9.17) is 10.5 Å². The van der Waals surface area contributed by atoms with Crippen molar-refractivity contribution in [1.82, 2.24) is 9.55 Å². The van der Waals surface area contributed by atoms with Crippen molar-refractivity contribution in [2.75, 3.05) is 12.8 Å². The maximum absolute atomic E-state index is 13.8. The van der Waals surface area contributed by atoms with E-state index >= 15 is 0 Å². The fourth-order valence-corrected chi connectivity index (χ4v) is 2.48. The number of hydrogen-bond donors (Lipinski definition) is 1. The molecule has 0 aliphatic carbocycles. The van der Waals surface area contributed by atoms with Crippen LogP contribution in [-0.4, -0.2) is 16.7 Å². The Balaban J connectivity index is 2.26. The molecule has 0 aliphatic rings. The van der Waals surface area contributed by atoms with Gasteiger partial charge in [0, 0.05) is 10.5 Å². The van der Waals surface area contributed by atoms with Crippen LogP contribution >= 0.6 is 15.9 Å². The van der Waals surface area contributed by atoms with Gasteiger partial charge in [0.05, 0.1) is 23.8 Å². The zero-order valence-electron chi connectivity index (χ0n) is 10.6. The first-order chi connectivity index (χ1) is 9.60. The number of aromatic nitrogens is 2. The van der Waals surface area contributed by atoms with Crippen molar-refractivity contribution in [3.8, 4) is 11.4 Å².